The first-order valence-corrected chi connectivity index (χ1v) is 9.85. The number of hydrogen-bond acceptors (Lipinski definition) is 6. The highest BCUT2D eigenvalue weighted by Crippen LogP contribution is 2.38. The van der Waals surface area contributed by atoms with Crippen molar-refractivity contribution in [2.75, 3.05) is 11.4 Å². The molecular formula is C21H16ClN5OS. The lowest BCUT2D eigenvalue weighted by Gasteiger charge is -2.29. The smallest absolute Gasteiger partial charge is 0.161 e. The van der Waals surface area contributed by atoms with Crippen LogP contribution < -0.4 is 9.64 Å². The maximum atomic E-state index is 7.61. The molecule has 0 amide bonds. The Morgan fingerprint density at radius 1 is 1.10 bits per heavy atom. The molecule has 0 spiro atoms. The molecule has 144 valence electrons. The summed E-state index contributed by atoms with van der Waals surface area (Å²) in [6.07, 6.45) is 4.85. The Morgan fingerprint density at radius 2 is 2.00 bits per heavy atom. The van der Waals surface area contributed by atoms with E-state index in [0.717, 1.165) is 35.6 Å². The van der Waals surface area contributed by atoms with Crippen LogP contribution in [0.15, 0.2) is 59.9 Å². The van der Waals surface area contributed by atoms with Crippen molar-refractivity contribution >= 4 is 53.0 Å². The molecule has 4 aromatic rings. The molecule has 0 radical (unpaired) electrons. The minimum atomic E-state index is 0.481. The topological polar surface area (TPSA) is 67.0 Å². The summed E-state index contributed by atoms with van der Waals surface area (Å²) in [4.78, 5) is 11.7. The normalized spacial score (nSPS) is 13.0. The van der Waals surface area contributed by atoms with Crippen LogP contribution in [0.5, 0.6) is 11.5 Å². The quantitative estimate of drug-likeness (QED) is 0.346. The Labute approximate surface area is 177 Å². The van der Waals surface area contributed by atoms with Gasteiger partial charge in [-0.1, -0.05) is 17.7 Å². The fourth-order valence-electron chi connectivity index (χ4n) is 3.59. The van der Waals surface area contributed by atoms with E-state index in [1.807, 2.05) is 42.6 Å². The Balaban J connectivity index is 1.50. The molecule has 0 saturated carbocycles. The number of ether oxygens (including phenoxy) is 1. The van der Waals surface area contributed by atoms with Crippen LogP contribution in [-0.2, 0) is 6.54 Å². The van der Waals surface area contributed by atoms with Gasteiger partial charge in [0.15, 0.2) is 5.82 Å². The fraction of sp³-hybridized carbons (Fsp3) is 0.0952. The number of benzene rings is 2. The van der Waals surface area contributed by atoms with Crippen LogP contribution >= 0.6 is 24.2 Å². The van der Waals surface area contributed by atoms with Gasteiger partial charge in [0.25, 0.3) is 0 Å². The van der Waals surface area contributed by atoms with E-state index in [9.17, 15) is 0 Å². The minimum Gasteiger partial charge on any atom is -0.455 e. The SMILES string of the molecule is N=Cc1c(S)cccc1Oc1ccc(N2CCn3ccc4ncnc2c43)cc1Cl. The number of nitrogens with zero attached hydrogens (tertiary/aromatic N) is 4. The van der Waals surface area contributed by atoms with Gasteiger partial charge < -0.3 is 19.6 Å². The summed E-state index contributed by atoms with van der Waals surface area (Å²) < 4.78 is 8.15. The molecule has 8 heteroatoms. The third-order valence-electron chi connectivity index (χ3n) is 4.99. The molecule has 0 unspecified atom stereocenters. The van der Waals surface area contributed by atoms with Crippen LogP contribution in [0.4, 0.5) is 11.5 Å². The number of nitrogens with one attached hydrogen (secondary N) is 1. The number of anilines is 2. The molecule has 1 aliphatic rings. The second-order valence-corrected chi connectivity index (χ2v) is 7.53. The zero-order chi connectivity index (χ0) is 20.0. The van der Waals surface area contributed by atoms with Gasteiger partial charge in [0.2, 0.25) is 0 Å². The van der Waals surface area contributed by atoms with E-state index in [2.05, 4.69) is 32.1 Å². The summed E-state index contributed by atoms with van der Waals surface area (Å²) in [7, 11) is 0. The molecule has 1 aliphatic heterocycles. The van der Waals surface area contributed by atoms with E-state index >= 15 is 0 Å². The minimum absolute atomic E-state index is 0.481. The predicted octanol–water partition coefficient (Wildman–Crippen LogP) is 5.32. The molecule has 0 atom stereocenters. The van der Waals surface area contributed by atoms with Crippen LogP contribution in [0.2, 0.25) is 5.02 Å². The van der Waals surface area contributed by atoms with Crippen LogP contribution in [-0.4, -0.2) is 27.3 Å². The number of halogens is 1. The molecular weight excluding hydrogens is 406 g/mol. The summed E-state index contributed by atoms with van der Waals surface area (Å²) in [5.41, 5.74) is 3.49. The molecule has 0 fully saturated rings. The van der Waals surface area contributed by atoms with Crippen molar-refractivity contribution in [2.24, 2.45) is 0 Å². The van der Waals surface area contributed by atoms with Gasteiger partial charge in [-0.05, 0) is 36.4 Å². The maximum Gasteiger partial charge on any atom is 0.161 e. The van der Waals surface area contributed by atoms with Crippen LogP contribution in [0.1, 0.15) is 5.56 Å². The third-order valence-corrected chi connectivity index (χ3v) is 5.67. The fourth-order valence-corrected chi connectivity index (χ4v) is 4.06. The molecule has 2 aromatic heterocycles. The van der Waals surface area contributed by atoms with Crippen molar-refractivity contribution in [3.05, 3.63) is 65.6 Å². The second kappa shape index (κ2) is 7.09. The lowest BCUT2D eigenvalue weighted by molar-refractivity contribution is 0.480. The molecule has 2 aromatic carbocycles. The largest absolute Gasteiger partial charge is 0.455 e. The lowest BCUT2D eigenvalue weighted by Crippen LogP contribution is -2.28. The predicted molar refractivity (Wildman–Crippen MR) is 118 cm³/mol. The van der Waals surface area contributed by atoms with Gasteiger partial charge in [0.05, 0.1) is 10.5 Å². The van der Waals surface area contributed by atoms with Gasteiger partial charge in [-0.15, -0.1) is 12.6 Å². The van der Waals surface area contributed by atoms with Gasteiger partial charge in [-0.25, -0.2) is 9.97 Å². The highest BCUT2D eigenvalue weighted by atomic mass is 35.5. The first-order chi connectivity index (χ1) is 14.2. The van der Waals surface area contributed by atoms with Crippen molar-refractivity contribution in [1.29, 1.82) is 5.41 Å². The van der Waals surface area contributed by atoms with Crippen LogP contribution in [0.3, 0.4) is 0 Å². The van der Waals surface area contributed by atoms with E-state index < -0.39 is 0 Å². The van der Waals surface area contributed by atoms with Crippen molar-refractivity contribution < 1.29 is 4.74 Å². The molecule has 1 N–H and O–H groups in total. The summed E-state index contributed by atoms with van der Waals surface area (Å²) in [5.74, 6) is 1.92. The van der Waals surface area contributed by atoms with E-state index in [4.69, 9.17) is 21.7 Å². The van der Waals surface area contributed by atoms with E-state index in [1.54, 1.807) is 12.4 Å². The number of rotatable bonds is 4. The first kappa shape index (κ1) is 18.0. The Bertz CT molecular complexity index is 1260. The van der Waals surface area contributed by atoms with Crippen molar-refractivity contribution in [3.8, 4) is 11.5 Å². The van der Waals surface area contributed by atoms with Gasteiger partial charge in [-0.2, -0.15) is 0 Å². The van der Waals surface area contributed by atoms with Crippen molar-refractivity contribution in [3.63, 3.8) is 0 Å². The van der Waals surface area contributed by atoms with Crippen LogP contribution in [0.25, 0.3) is 11.0 Å². The average Bonchev–Trinajstić information content (AvgIpc) is 3.15. The Hall–Kier alpha value is -3.03. The second-order valence-electron chi connectivity index (χ2n) is 6.64. The summed E-state index contributed by atoms with van der Waals surface area (Å²) in [6.45, 7) is 1.63. The van der Waals surface area contributed by atoms with Crippen LogP contribution in [0, 0.1) is 5.41 Å². The van der Waals surface area contributed by atoms with Gasteiger partial charge >= 0.3 is 0 Å². The monoisotopic (exact) mass is 421 g/mol. The summed E-state index contributed by atoms with van der Waals surface area (Å²) in [5, 5.41) is 8.09. The van der Waals surface area contributed by atoms with Gasteiger partial charge in [0.1, 0.15) is 23.3 Å². The molecule has 0 bridgehead atoms. The number of hydrogen-bond donors (Lipinski definition) is 2. The van der Waals surface area contributed by atoms with Crippen molar-refractivity contribution in [1.82, 2.24) is 14.5 Å². The molecule has 0 saturated heterocycles. The highest BCUT2D eigenvalue weighted by molar-refractivity contribution is 7.80. The zero-order valence-corrected chi connectivity index (χ0v) is 16.9. The van der Waals surface area contributed by atoms with Gasteiger partial charge in [-0.3, -0.25) is 0 Å². The Morgan fingerprint density at radius 3 is 2.83 bits per heavy atom. The van der Waals surface area contributed by atoms with Crippen molar-refractivity contribution in [2.45, 2.75) is 11.4 Å². The van der Waals surface area contributed by atoms with E-state index in [0.29, 0.717) is 27.0 Å². The highest BCUT2D eigenvalue weighted by Gasteiger charge is 2.22. The summed E-state index contributed by atoms with van der Waals surface area (Å²) >= 11 is 10.9. The first-order valence-electron chi connectivity index (χ1n) is 9.03. The van der Waals surface area contributed by atoms with E-state index in [1.165, 1.54) is 6.21 Å². The molecule has 29 heavy (non-hydrogen) atoms. The average molecular weight is 422 g/mol. The maximum absolute atomic E-state index is 7.61. The lowest BCUT2D eigenvalue weighted by atomic mass is 10.2. The number of aromatic nitrogens is 3. The van der Waals surface area contributed by atoms with Gasteiger partial charge in [0, 0.05) is 41.6 Å². The Kier molecular flexibility index (Phi) is 4.41. The standard InChI is InChI=1S/C21H16ClN5OS/c22-15-10-13(4-5-18(15)28-17-2-1-3-19(29)14(17)11-23)27-9-8-26-7-6-16-20(26)21(27)25-12-24-16/h1-7,10-12,23,29H,8-9H2. The number of thiol groups is 1. The third kappa shape index (κ3) is 3.03. The van der Waals surface area contributed by atoms with E-state index in [-0.39, 0.29) is 0 Å². The zero-order valence-electron chi connectivity index (χ0n) is 15.2. The summed E-state index contributed by atoms with van der Waals surface area (Å²) in [6, 6.07) is 13.1. The molecule has 5 rings (SSSR count). The molecule has 0 aliphatic carbocycles. The molecule has 6 nitrogen and oxygen atoms in total. The molecule has 3 heterocycles.